The van der Waals surface area contributed by atoms with Crippen LogP contribution in [-0.2, 0) is 0 Å². The molecule has 1 saturated heterocycles. The van der Waals surface area contributed by atoms with Crippen molar-refractivity contribution in [1.82, 2.24) is 20.0 Å². The van der Waals surface area contributed by atoms with Crippen LogP contribution in [-0.4, -0.2) is 53.9 Å². The molecule has 1 N–H and O–H groups in total. The lowest BCUT2D eigenvalue weighted by Crippen LogP contribution is -2.37. The summed E-state index contributed by atoms with van der Waals surface area (Å²) in [4.78, 5) is 14.6. The van der Waals surface area contributed by atoms with Gasteiger partial charge >= 0.3 is 0 Å². The van der Waals surface area contributed by atoms with Gasteiger partial charge in [0, 0.05) is 19.3 Å². The minimum absolute atomic E-state index is 0.0193. The second kappa shape index (κ2) is 7.49. The Kier molecular flexibility index (Phi) is 5.15. The lowest BCUT2D eigenvalue weighted by molar-refractivity contribution is 0.0714. The third-order valence-corrected chi connectivity index (χ3v) is 4.56. The summed E-state index contributed by atoms with van der Waals surface area (Å²) < 4.78 is 6.88. The normalized spacial score (nSPS) is 18.0. The summed E-state index contributed by atoms with van der Waals surface area (Å²) in [6, 6.07) is 9.64. The molecule has 6 nitrogen and oxygen atoms in total. The molecule has 24 heavy (non-hydrogen) atoms. The van der Waals surface area contributed by atoms with E-state index < -0.39 is 0 Å². The highest BCUT2D eigenvalue weighted by molar-refractivity contribution is 5.92. The van der Waals surface area contributed by atoms with Gasteiger partial charge in [-0.3, -0.25) is 4.79 Å². The summed E-state index contributed by atoms with van der Waals surface area (Å²) in [6.45, 7) is 1.99. The highest BCUT2D eigenvalue weighted by Crippen LogP contribution is 2.17. The van der Waals surface area contributed by atoms with E-state index in [0.717, 1.165) is 43.8 Å². The van der Waals surface area contributed by atoms with Crippen molar-refractivity contribution in [2.24, 2.45) is 0 Å². The number of methoxy groups -OCH3 is 1. The van der Waals surface area contributed by atoms with E-state index in [9.17, 15) is 4.79 Å². The molecule has 6 heteroatoms. The number of nitrogens with one attached hydrogen (secondary N) is 1. The van der Waals surface area contributed by atoms with Crippen LogP contribution in [0.5, 0.6) is 5.75 Å². The number of amides is 1. The molecule has 1 aliphatic rings. The zero-order valence-corrected chi connectivity index (χ0v) is 14.2. The molecule has 1 aliphatic heterocycles. The zero-order chi connectivity index (χ0) is 16.9. The second-order valence-electron chi connectivity index (χ2n) is 6.09. The van der Waals surface area contributed by atoms with Crippen molar-refractivity contribution in [3.63, 3.8) is 0 Å². The summed E-state index contributed by atoms with van der Waals surface area (Å²) in [6.07, 6.45) is 4.94. The Bertz CT molecular complexity index is 673. The molecule has 1 aromatic carbocycles. The van der Waals surface area contributed by atoms with Crippen LogP contribution in [0.4, 0.5) is 0 Å². The van der Waals surface area contributed by atoms with E-state index in [2.05, 4.69) is 10.4 Å². The van der Waals surface area contributed by atoms with E-state index in [0.29, 0.717) is 5.69 Å². The molecule has 128 valence electrons. The number of hydrogen-bond donors (Lipinski definition) is 1. The van der Waals surface area contributed by atoms with E-state index in [-0.39, 0.29) is 11.9 Å². The third-order valence-electron chi connectivity index (χ3n) is 4.56. The highest BCUT2D eigenvalue weighted by atomic mass is 16.5. The topological polar surface area (TPSA) is 59.4 Å². The van der Waals surface area contributed by atoms with Crippen LogP contribution in [0.2, 0.25) is 0 Å². The first kappa shape index (κ1) is 16.5. The number of aromatic nitrogens is 2. The maximum atomic E-state index is 12.7. The van der Waals surface area contributed by atoms with Crippen molar-refractivity contribution in [2.75, 3.05) is 27.2 Å². The SMILES string of the molecule is COc1ccc(-n2ccc(C(=O)N(C)C3CCCNCC3)n2)cc1. The van der Waals surface area contributed by atoms with Gasteiger partial charge in [-0.1, -0.05) is 0 Å². The van der Waals surface area contributed by atoms with Crippen molar-refractivity contribution < 1.29 is 9.53 Å². The quantitative estimate of drug-likeness (QED) is 0.934. The maximum Gasteiger partial charge on any atom is 0.274 e. The van der Waals surface area contributed by atoms with Gasteiger partial charge in [-0.15, -0.1) is 0 Å². The predicted octanol–water partition coefficient (Wildman–Crippen LogP) is 2.09. The van der Waals surface area contributed by atoms with E-state index >= 15 is 0 Å². The predicted molar refractivity (Wildman–Crippen MR) is 92.7 cm³/mol. The maximum absolute atomic E-state index is 12.7. The number of hydrogen-bond acceptors (Lipinski definition) is 4. The molecule has 1 aromatic heterocycles. The third kappa shape index (κ3) is 3.59. The van der Waals surface area contributed by atoms with Gasteiger partial charge < -0.3 is 15.0 Å². The first-order chi connectivity index (χ1) is 11.7. The number of rotatable bonds is 4. The van der Waals surface area contributed by atoms with Crippen LogP contribution < -0.4 is 10.1 Å². The summed E-state index contributed by atoms with van der Waals surface area (Å²) in [7, 11) is 3.52. The van der Waals surface area contributed by atoms with Gasteiger partial charge in [0.1, 0.15) is 5.75 Å². The van der Waals surface area contributed by atoms with E-state index in [1.54, 1.807) is 17.9 Å². The molecule has 2 aromatic rings. The Balaban J connectivity index is 1.72. The molecule has 3 rings (SSSR count). The van der Waals surface area contributed by atoms with Crippen LogP contribution in [0.15, 0.2) is 36.5 Å². The van der Waals surface area contributed by atoms with Crippen LogP contribution >= 0.6 is 0 Å². The van der Waals surface area contributed by atoms with Crippen molar-refractivity contribution in [3.8, 4) is 11.4 Å². The van der Waals surface area contributed by atoms with E-state index in [1.165, 1.54) is 0 Å². The number of ether oxygens (including phenoxy) is 1. The summed E-state index contributed by atoms with van der Waals surface area (Å²) in [5, 5.41) is 7.82. The van der Waals surface area contributed by atoms with Crippen molar-refractivity contribution >= 4 is 5.91 Å². The average molecular weight is 328 g/mol. The van der Waals surface area contributed by atoms with Crippen LogP contribution in [0.3, 0.4) is 0 Å². The Labute approximate surface area is 142 Å². The van der Waals surface area contributed by atoms with Crippen LogP contribution in [0, 0.1) is 0 Å². The highest BCUT2D eigenvalue weighted by Gasteiger charge is 2.23. The summed E-state index contributed by atoms with van der Waals surface area (Å²) in [5.41, 5.74) is 1.38. The Morgan fingerprint density at radius 3 is 2.79 bits per heavy atom. The molecular weight excluding hydrogens is 304 g/mol. The largest absolute Gasteiger partial charge is 0.497 e. The minimum Gasteiger partial charge on any atom is -0.497 e. The smallest absolute Gasteiger partial charge is 0.274 e. The molecule has 0 radical (unpaired) electrons. The summed E-state index contributed by atoms with van der Waals surface area (Å²) in [5.74, 6) is 0.776. The van der Waals surface area contributed by atoms with Gasteiger partial charge in [-0.25, -0.2) is 4.68 Å². The molecule has 0 bridgehead atoms. The Morgan fingerprint density at radius 1 is 1.25 bits per heavy atom. The molecule has 1 atom stereocenters. The number of carbonyl (C=O) groups excluding carboxylic acids is 1. The molecule has 1 amide bonds. The summed E-state index contributed by atoms with van der Waals surface area (Å²) >= 11 is 0. The second-order valence-corrected chi connectivity index (χ2v) is 6.09. The average Bonchev–Trinajstić information content (AvgIpc) is 2.96. The fourth-order valence-corrected chi connectivity index (χ4v) is 3.05. The van der Waals surface area contributed by atoms with Crippen LogP contribution in [0.1, 0.15) is 29.8 Å². The standard InChI is InChI=1S/C18H24N4O2/c1-21(14-4-3-11-19-12-9-14)18(23)17-10-13-22(20-17)15-5-7-16(24-2)8-6-15/h5-8,10,13-14,19H,3-4,9,11-12H2,1-2H3. The molecule has 1 fully saturated rings. The van der Waals surface area contributed by atoms with Gasteiger partial charge in [0.25, 0.3) is 5.91 Å². The fraction of sp³-hybridized carbons (Fsp3) is 0.444. The van der Waals surface area contributed by atoms with E-state index in [4.69, 9.17) is 4.74 Å². The Hall–Kier alpha value is -2.34. The number of nitrogens with zero attached hydrogens (tertiary/aromatic N) is 3. The molecule has 2 heterocycles. The number of carbonyl (C=O) groups is 1. The molecule has 0 saturated carbocycles. The molecule has 0 aliphatic carbocycles. The molecule has 0 spiro atoms. The van der Waals surface area contributed by atoms with Crippen molar-refractivity contribution in [2.45, 2.75) is 25.3 Å². The van der Waals surface area contributed by atoms with Gasteiger partial charge in [-0.2, -0.15) is 5.10 Å². The number of benzene rings is 1. The molecule has 1 unspecified atom stereocenters. The monoisotopic (exact) mass is 328 g/mol. The van der Waals surface area contributed by atoms with Gasteiger partial charge in [0.2, 0.25) is 0 Å². The minimum atomic E-state index is -0.0193. The lowest BCUT2D eigenvalue weighted by Gasteiger charge is -2.26. The fourth-order valence-electron chi connectivity index (χ4n) is 3.05. The van der Waals surface area contributed by atoms with Gasteiger partial charge in [0.15, 0.2) is 5.69 Å². The lowest BCUT2D eigenvalue weighted by atomic mass is 10.1. The first-order valence-electron chi connectivity index (χ1n) is 8.37. The first-order valence-corrected chi connectivity index (χ1v) is 8.37. The zero-order valence-electron chi connectivity index (χ0n) is 14.2. The molecular formula is C18H24N4O2. The van der Waals surface area contributed by atoms with Gasteiger partial charge in [-0.05, 0) is 62.7 Å². The van der Waals surface area contributed by atoms with Crippen LogP contribution in [0.25, 0.3) is 5.69 Å². The van der Waals surface area contributed by atoms with Crippen molar-refractivity contribution in [3.05, 3.63) is 42.2 Å². The van der Waals surface area contributed by atoms with Gasteiger partial charge in [0.05, 0.1) is 12.8 Å². The Morgan fingerprint density at radius 2 is 2.04 bits per heavy atom. The van der Waals surface area contributed by atoms with E-state index in [1.807, 2.05) is 42.4 Å². The van der Waals surface area contributed by atoms with Crippen molar-refractivity contribution in [1.29, 1.82) is 0 Å².